The Hall–Kier alpha value is -0.820. The number of hydrogen-bond donors (Lipinski definition) is 0. The average molecular weight is 287 g/mol. The van der Waals surface area contributed by atoms with Crippen molar-refractivity contribution in [3.63, 3.8) is 0 Å². The molecule has 2 atom stereocenters. The molecule has 0 bridgehead atoms. The van der Waals surface area contributed by atoms with Gasteiger partial charge in [-0.15, -0.1) is 0 Å². The van der Waals surface area contributed by atoms with Crippen LogP contribution in [-0.2, 0) is 12.0 Å². The topological polar surface area (TPSA) is 3.24 Å². The van der Waals surface area contributed by atoms with Crippen LogP contribution in [0.5, 0.6) is 0 Å². The van der Waals surface area contributed by atoms with Crippen LogP contribution in [0.3, 0.4) is 0 Å². The van der Waals surface area contributed by atoms with Gasteiger partial charge in [0.05, 0.1) is 0 Å². The van der Waals surface area contributed by atoms with Crippen molar-refractivity contribution >= 4 is 0 Å². The lowest BCUT2D eigenvalue weighted by Crippen LogP contribution is -2.37. The summed E-state index contributed by atoms with van der Waals surface area (Å²) >= 11 is 0. The smallest absolute Gasteiger partial charge is 0.0233 e. The minimum Gasteiger partial charge on any atom is -0.299 e. The van der Waals surface area contributed by atoms with Crippen LogP contribution in [0, 0.1) is 11.8 Å². The molecule has 1 aliphatic rings. The zero-order chi connectivity index (χ0) is 15.5. The van der Waals surface area contributed by atoms with Crippen molar-refractivity contribution in [3.8, 4) is 0 Å². The van der Waals surface area contributed by atoms with E-state index in [4.69, 9.17) is 0 Å². The number of likely N-dealkylation sites (tertiary alicyclic amines) is 1. The van der Waals surface area contributed by atoms with Gasteiger partial charge < -0.3 is 0 Å². The quantitative estimate of drug-likeness (QED) is 0.731. The van der Waals surface area contributed by atoms with Crippen LogP contribution < -0.4 is 0 Å². The minimum absolute atomic E-state index is 0.255. The largest absolute Gasteiger partial charge is 0.299 e. The van der Waals surface area contributed by atoms with E-state index in [2.05, 4.69) is 63.8 Å². The standard InChI is InChI=1S/C20H33N/c1-6-16(2)18-8-7-13-21(15-18)14-17-9-11-19(12-10-17)20(3,4)5/h9-12,16,18H,6-8,13-15H2,1-5H3. The molecule has 1 saturated heterocycles. The van der Waals surface area contributed by atoms with Gasteiger partial charge in [0.1, 0.15) is 0 Å². The third-order valence-electron chi connectivity index (χ3n) is 5.22. The molecular weight excluding hydrogens is 254 g/mol. The number of piperidine rings is 1. The lowest BCUT2D eigenvalue weighted by Gasteiger charge is -2.35. The Morgan fingerprint density at radius 2 is 1.86 bits per heavy atom. The molecule has 2 unspecified atom stereocenters. The van der Waals surface area contributed by atoms with Crippen molar-refractivity contribution in [1.82, 2.24) is 4.90 Å². The SMILES string of the molecule is CCC(C)C1CCCN(Cc2ccc(C(C)(C)C)cc2)C1. The Kier molecular flexibility index (Phi) is 5.48. The van der Waals surface area contributed by atoms with Gasteiger partial charge >= 0.3 is 0 Å². The molecule has 0 spiro atoms. The van der Waals surface area contributed by atoms with Crippen LogP contribution in [0.2, 0.25) is 0 Å². The van der Waals surface area contributed by atoms with Gasteiger partial charge in [0, 0.05) is 13.1 Å². The fraction of sp³-hybridized carbons (Fsp3) is 0.700. The highest BCUT2D eigenvalue weighted by atomic mass is 15.1. The summed E-state index contributed by atoms with van der Waals surface area (Å²) in [5.74, 6) is 1.77. The van der Waals surface area contributed by atoms with Gasteiger partial charge in [0.15, 0.2) is 0 Å². The average Bonchev–Trinajstić information content (AvgIpc) is 2.46. The van der Waals surface area contributed by atoms with E-state index in [-0.39, 0.29) is 5.41 Å². The number of hydrogen-bond acceptors (Lipinski definition) is 1. The number of nitrogens with zero attached hydrogens (tertiary/aromatic N) is 1. The molecule has 0 aromatic heterocycles. The second kappa shape index (κ2) is 6.96. The Balaban J connectivity index is 1.95. The molecule has 1 fully saturated rings. The van der Waals surface area contributed by atoms with Crippen LogP contribution >= 0.6 is 0 Å². The summed E-state index contributed by atoms with van der Waals surface area (Å²) in [7, 11) is 0. The summed E-state index contributed by atoms with van der Waals surface area (Å²) in [5.41, 5.74) is 3.15. The van der Waals surface area contributed by atoms with E-state index < -0.39 is 0 Å². The van der Waals surface area contributed by atoms with Crippen molar-refractivity contribution in [1.29, 1.82) is 0 Å². The van der Waals surface area contributed by atoms with E-state index in [0.717, 1.165) is 18.4 Å². The molecule has 1 aromatic rings. The van der Waals surface area contributed by atoms with E-state index in [0.29, 0.717) is 0 Å². The molecule has 0 aliphatic carbocycles. The molecule has 0 N–H and O–H groups in total. The first-order valence-electron chi connectivity index (χ1n) is 8.72. The summed E-state index contributed by atoms with van der Waals surface area (Å²) in [5, 5.41) is 0. The van der Waals surface area contributed by atoms with Gasteiger partial charge in [-0.3, -0.25) is 4.90 Å². The Bertz CT molecular complexity index is 426. The van der Waals surface area contributed by atoms with Gasteiger partial charge in [0.2, 0.25) is 0 Å². The first-order valence-corrected chi connectivity index (χ1v) is 8.72. The molecule has 0 amide bonds. The molecule has 1 aromatic carbocycles. The first-order chi connectivity index (χ1) is 9.90. The van der Waals surface area contributed by atoms with Gasteiger partial charge in [-0.25, -0.2) is 0 Å². The molecule has 1 heterocycles. The van der Waals surface area contributed by atoms with Crippen molar-refractivity contribution < 1.29 is 0 Å². The third-order valence-corrected chi connectivity index (χ3v) is 5.22. The Morgan fingerprint density at radius 1 is 1.19 bits per heavy atom. The highest BCUT2D eigenvalue weighted by Gasteiger charge is 2.23. The summed E-state index contributed by atoms with van der Waals surface area (Å²) in [4.78, 5) is 2.66. The zero-order valence-corrected chi connectivity index (χ0v) is 14.7. The maximum absolute atomic E-state index is 2.66. The van der Waals surface area contributed by atoms with E-state index in [1.54, 1.807) is 0 Å². The van der Waals surface area contributed by atoms with Gasteiger partial charge in [-0.2, -0.15) is 0 Å². The first kappa shape index (κ1) is 16.5. The van der Waals surface area contributed by atoms with E-state index >= 15 is 0 Å². The summed E-state index contributed by atoms with van der Waals surface area (Å²) in [6.45, 7) is 15.3. The third kappa shape index (κ3) is 4.57. The lowest BCUT2D eigenvalue weighted by molar-refractivity contribution is 0.132. The lowest BCUT2D eigenvalue weighted by atomic mass is 9.85. The predicted octanol–water partition coefficient (Wildman–Crippen LogP) is 5.24. The van der Waals surface area contributed by atoms with E-state index in [9.17, 15) is 0 Å². The van der Waals surface area contributed by atoms with Crippen molar-refractivity contribution in [2.75, 3.05) is 13.1 Å². The molecule has 1 aliphatic heterocycles. The summed E-state index contributed by atoms with van der Waals surface area (Å²) < 4.78 is 0. The maximum atomic E-state index is 2.66. The molecule has 2 rings (SSSR count). The molecular formula is C20H33N. The summed E-state index contributed by atoms with van der Waals surface area (Å²) in [6, 6.07) is 9.28. The molecule has 0 radical (unpaired) electrons. The van der Waals surface area contributed by atoms with E-state index in [1.807, 2.05) is 0 Å². The summed E-state index contributed by atoms with van der Waals surface area (Å²) in [6.07, 6.45) is 4.11. The molecule has 118 valence electrons. The van der Waals surface area contributed by atoms with Gasteiger partial charge in [0.25, 0.3) is 0 Å². The number of rotatable bonds is 4. The normalized spacial score (nSPS) is 22.2. The highest BCUT2D eigenvalue weighted by molar-refractivity contribution is 5.27. The Morgan fingerprint density at radius 3 is 2.43 bits per heavy atom. The minimum atomic E-state index is 0.255. The molecule has 1 nitrogen and oxygen atoms in total. The fourth-order valence-electron chi connectivity index (χ4n) is 3.40. The van der Waals surface area contributed by atoms with Crippen molar-refractivity contribution in [3.05, 3.63) is 35.4 Å². The van der Waals surface area contributed by atoms with Gasteiger partial charge in [-0.1, -0.05) is 65.3 Å². The second-order valence-electron chi connectivity index (χ2n) is 7.97. The monoisotopic (exact) mass is 287 g/mol. The second-order valence-corrected chi connectivity index (χ2v) is 7.97. The zero-order valence-electron chi connectivity index (χ0n) is 14.7. The van der Waals surface area contributed by atoms with Crippen LogP contribution in [0.25, 0.3) is 0 Å². The van der Waals surface area contributed by atoms with Crippen molar-refractivity contribution in [2.24, 2.45) is 11.8 Å². The Labute approximate surface area is 131 Å². The number of benzene rings is 1. The van der Waals surface area contributed by atoms with Crippen LogP contribution in [0.4, 0.5) is 0 Å². The fourth-order valence-corrected chi connectivity index (χ4v) is 3.40. The van der Waals surface area contributed by atoms with Crippen LogP contribution in [0.1, 0.15) is 65.0 Å². The van der Waals surface area contributed by atoms with Crippen LogP contribution in [-0.4, -0.2) is 18.0 Å². The highest BCUT2D eigenvalue weighted by Crippen LogP contribution is 2.27. The van der Waals surface area contributed by atoms with Crippen LogP contribution in [0.15, 0.2) is 24.3 Å². The predicted molar refractivity (Wildman–Crippen MR) is 92.6 cm³/mol. The molecule has 1 heteroatoms. The maximum Gasteiger partial charge on any atom is 0.0233 e. The molecule has 0 saturated carbocycles. The van der Waals surface area contributed by atoms with Gasteiger partial charge in [-0.05, 0) is 47.8 Å². The molecule has 21 heavy (non-hydrogen) atoms. The van der Waals surface area contributed by atoms with E-state index in [1.165, 1.54) is 43.5 Å². The van der Waals surface area contributed by atoms with Crippen molar-refractivity contribution in [2.45, 2.75) is 65.8 Å².